The van der Waals surface area contributed by atoms with Crippen LogP contribution in [-0.4, -0.2) is 41.9 Å². The maximum atomic E-state index is 11.3. The first kappa shape index (κ1) is 25.5. The number of methoxy groups -OCH3 is 1. The number of nitrogens with zero attached hydrogens (tertiary/aromatic N) is 3. The Bertz CT molecular complexity index is 992. The second kappa shape index (κ2) is 11.8. The van der Waals surface area contributed by atoms with E-state index in [1.54, 1.807) is 25.4 Å². The van der Waals surface area contributed by atoms with E-state index in [0.29, 0.717) is 29.4 Å². The van der Waals surface area contributed by atoms with Gasteiger partial charge in [0, 0.05) is 25.9 Å². The number of nitrogens with one attached hydrogen (secondary N) is 1. The molecule has 0 spiro atoms. The Morgan fingerprint density at radius 3 is 2.53 bits per heavy atom. The molecule has 7 heteroatoms. The van der Waals surface area contributed by atoms with Gasteiger partial charge in [0.05, 0.1) is 29.5 Å². The molecule has 1 aromatic carbocycles. The molecule has 1 fully saturated rings. The quantitative estimate of drug-likeness (QED) is 0.466. The number of nitriles is 1. The third kappa shape index (κ3) is 6.71. The Morgan fingerprint density at radius 1 is 1.24 bits per heavy atom. The average Bonchev–Trinajstić information content (AvgIpc) is 2.82. The number of aromatic nitrogens is 1. The van der Waals surface area contributed by atoms with E-state index in [1.807, 2.05) is 6.92 Å². The molecule has 0 aliphatic heterocycles. The number of carbonyl (C=O) groups is 1. The minimum Gasteiger partial charge on any atom is -0.481 e. The summed E-state index contributed by atoms with van der Waals surface area (Å²) >= 11 is 0. The number of carboxylic acid groups (broad SMARTS) is 1. The van der Waals surface area contributed by atoms with Crippen LogP contribution < -0.4 is 10.2 Å². The molecule has 2 aromatic rings. The summed E-state index contributed by atoms with van der Waals surface area (Å²) in [6.07, 6.45) is 6.18. The lowest BCUT2D eigenvalue weighted by molar-refractivity contribution is -0.137. The SMILES string of the molecule is CO[C@H]1CC[C@@H](N(CC(C)C)c2ccc([C@H](C)CC(=O)O)cc2Nc2ccc(C#N)cn2)CC1. The Labute approximate surface area is 202 Å². The molecular formula is C27H36N4O3. The van der Waals surface area contributed by atoms with E-state index in [0.717, 1.165) is 49.2 Å². The standard InChI is InChI=1S/C27H36N4O3/c1-18(2)17-31(22-7-9-23(34-4)10-8-22)25-11-6-21(19(3)13-27(32)33)14-24(25)30-26-12-5-20(15-28)16-29-26/h5-6,11-12,14,16,18-19,22-23H,7-10,13,17H2,1-4H3,(H,29,30)(H,32,33)/t19-,22-,23+/m1/s1. The van der Waals surface area contributed by atoms with E-state index in [2.05, 4.69) is 53.3 Å². The number of aliphatic carboxylic acids is 1. The zero-order valence-corrected chi connectivity index (χ0v) is 20.6. The predicted molar refractivity (Wildman–Crippen MR) is 135 cm³/mol. The molecule has 182 valence electrons. The first-order chi connectivity index (χ1) is 16.3. The normalized spacial score (nSPS) is 18.8. The summed E-state index contributed by atoms with van der Waals surface area (Å²) in [6, 6.07) is 12.3. The number of hydrogen-bond donors (Lipinski definition) is 2. The van der Waals surface area contributed by atoms with Gasteiger partial charge in [-0.2, -0.15) is 5.26 Å². The highest BCUT2D eigenvalue weighted by Crippen LogP contribution is 2.37. The van der Waals surface area contributed by atoms with Crippen molar-refractivity contribution in [1.29, 1.82) is 5.26 Å². The smallest absolute Gasteiger partial charge is 0.303 e. The van der Waals surface area contributed by atoms with Crippen molar-refractivity contribution in [3.8, 4) is 6.07 Å². The molecule has 0 bridgehead atoms. The molecule has 1 aliphatic carbocycles. The van der Waals surface area contributed by atoms with Crippen LogP contribution >= 0.6 is 0 Å². The van der Waals surface area contributed by atoms with Crippen LogP contribution in [0.25, 0.3) is 0 Å². The van der Waals surface area contributed by atoms with Crippen molar-refractivity contribution < 1.29 is 14.6 Å². The summed E-state index contributed by atoms with van der Waals surface area (Å²) in [4.78, 5) is 18.2. The van der Waals surface area contributed by atoms with Gasteiger partial charge in [0.2, 0.25) is 0 Å². The van der Waals surface area contributed by atoms with Gasteiger partial charge in [0.25, 0.3) is 0 Å². The van der Waals surface area contributed by atoms with Crippen molar-refractivity contribution in [2.24, 2.45) is 5.92 Å². The Hall–Kier alpha value is -3.11. The fraction of sp³-hybridized carbons (Fsp3) is 0.519. The van der Waals surface area contributed by atoms with Crippen LogP contribution in [0.5, 0.6) is 0 Å². The molecule has 34 heavy (non-hydrogen) atoms. The van der Waals surface area contributed by atoms with Gasteiger partial charge in [0.1, 0.15) is 11.9 Å². The molecule has 1 aliphatic rings. The molecule has 0 saturated heterocycles. The van der Waals surface area contributed by atoms with Gasteiger partial charge in [-0.1, -0.05) is 26.8 Å². The zero-order valence-electron chi connectivity index (χ0n) is 20.6. The van der Waals surface area contributed by atoms with Crippen molar-refractivity contribution >= 4 is 23.2 Å². The van der Waals surface area contributed by atoms with Gasteiger partial charge in [-0.15, -0.1) is 0 Å². The Morgan fingerprint density at radius 2 is 1.97 bits per heavy atom. The minimum atomic E-state index is -0.809. The van der Waals surface area contributed by atoms with Crippen molar-refractivity contribution in [3.05, 3.63) is 47.7 Å². The van der Waals surface area contributed by atoms with Gasteiger partial charge in [-0.3, -0.25) is 4.79 Å². The van der Waals surface area contributed by atoms with E-state index in [1.165, 1.54) is 0 Å². The summed E-state index contributed by atoms with van der Waals surface area (Å²) in [6.45, 7) is 7.31. The summed E-state index contributed by atoms with van der Waals surface area (Å²) < 4.78 is 5.59. The van der Waals surface area contributed by atoms with Crippen molar-refractivity contribution in [1.82, 2.24) is 4.98 Å². The van der Waals surface area contributed by atoms with E-state index >= 15 is 0 Å². The van der Waals surface area contributed by atoms with Crippen molar-refractivity contribution in [2.75, 3.05) is 23.9 Å². The zero-order chi connectivity index (χ0) is 24.7. The fourth-order valence-corrected chi connectivity index (χ4v) is 4.69. The van der Waals surface area contributed by atoms with Crippen LogP contribution in [0.4, 0.5) is 17.2 Å². The van der Waals surface area contributed by atoms with E-state index in [-0.39, 0.29) is 12.3 Å². The summed E-state index contributed by atoms with van der Waals surface area (Å²) in [5.41, 5.74) is 3.47. The van der Waals surface area contributed by atoms with Gasteiger partial charge >= 0.3 is 5.97 Å². The third-order valence-corrected chi connectivity index (χ3v) is 6.51. The van der Waals surface area contributed by atoms with Crippen LogP contribution in [0, 0.1) is 17.2 Å². The molecule has 0 amide bonds. The molecule has 3 rings (SSSR count). The molecule has 7 nitrogen and oxygen atoms in total. The van der Waals surface area contributed by atoms with Crippen molar-refractivity contribution in [2.45, 2.75) is 70.9 Å². The average molecular weight is 465 g/mol. The van der Waals surface area contributed by atoms with Gasteiger partial charge in [0.15, 0.2) is 0 Å². The topological polar surface area (TPSA) is 98.5 Å². The second-order valence-corrected chi connectivity index (χ2v) is 9.66. The minimum absolute atomic E-state index is 0.0741. The third-order valence-electron chi connectivity index (χ3n) is 6.51. The van der Waals surface area contributed by atoms with Crippen molar-refractivity contribution in [3.63, 3.8) is 0 Å². The molecule has 1 heterocycles. The van der Waals surface area contributed by atoms with E-state index < -0.39 is 5.97 Å². The monoisotopic (exact) mass is 464 g/mol. The summed E-state index contributed by atoms with van der Waals surface area (Å²) in [7, 11) is 1.79. The Balaban J connectivity index is 1.99. The number of ether oxygens (including phenoxy) is 1. The molecule has 1 saturated carbocycles. The lowest BCUT2D eigenvalue weighted by Gasteiger charge is -2.40. The number of carboxylic acids is 1. The molecule has 0 radical (unpaired) electrons. The highest BCUT2D eigenvalue weighted by atomic mass is 16.5. The predicted octanol–water partition coefficient (Wildman–Crippen LogP) is 5.70. The molecular weight excluding hydrogens is 428 g/mol. The van der Waals surface area contributed by atoms with Crippen LogP contribution in [0.1, 0.15) is 69.9 Å². The molecule has 1 aromatic heterocycles. The molecule has 1 atom stereocenters. The first-order valence-corrected chi connectivity index (χ1v) is 12.1. The number of anilines is 3. The van der Waals surface area contributed by atoms with Crippen LogP contribution in [0.15, 0.2) is 36.5 Å². The number of benzene rings is 1. The lowest BCUT2D eigenvalue weighted by Crippen LogP contribution is -2.41. The lowest BCUT2D eigenvalue weighted by atomic mass is 9.90. The number of pyridine rings is 1. The van der Waals surface area contributed by atoms with Gasteiger partial charge in [-0.25, -0.2) is 4.98 Å². The van der Waals surface area contributed by atoms with E-state index in [9.17, 15) is 9.90 Å². The van der Waals surface area contributed by atoms with E-state index in [4.69, 9.17) is 10.00 Å². The summed E-state index contributed by atoms with van der Waals surface area (Å²) in [5.74, 6) is 0.204. The maximum absolute atomic E-state index is 11.3. The van der Waals surface area contributed by atoms with Gasteiger partial charge < -0.3 is 20.1 Å². The Kier molecular flexibility index (Phi) is 8.89. The second-order valence-electron chi connectivity index (χ2n) is 9.66. The highest BCUT2D eigenvalue weighted by molar-refractivity contribution is 5.76. The first-order valence-electron chi connectivity index (χ1n) is 12.1. The summed E-state index contributed by atoms with van der Waals surface area (Å²) in [5, 5.41) is 21.8. The molecule has 0 unspecified atom stereocenters. The number of hydrogen-bond acceptors (Lipinski definition) is 6. The highest BCUT2D eigenvalue weighted by Gasteiger charge is 2.28. The van der Waals surface area contributed by atoms with Crippen LogP contribution in [0.3, 0.4) is 0 Å². The largest absolute Gasteiger partial charge is 0.481 e. The maximum Gasteiger partial charge on any atom is 0.303 e. The van der Waals surface area contributed by atoms with Crippen LogP contribution in [-0.2, 0) is 9.53 Å². The fourth-order valence-electron chi connectivity index (χ4n) is 4.69. The van der Waals surface area contributed by atoms with Crippen LogP contribution in [0.2, 0.25) is 0 Å². The van der Waals surface area contributed by atoms with Gasteiger partial charge in [-0.05, 0) is 67.3 Å². The number of rotatable bonds is 10. The molecule has 2 N–H and O–H groups in total.